The molecular formula is C29H38O3. The number of fused-ring (bicyclic) bond motifs is 5. The highest BCUT2D eigenvalue weighted by molar-refractivity contribution is 5.79. The Morgan fingerprint density at radius 3 is 2.47 bits per heavy atom. The van der Waals surface area contributed by atoms with Gasteiger partial charge in [-0.05, 0) is 111 Å². The van der Waals surface area contributed by atoms with Crippen molar-refractivity contribution in [3.05, 3.63) is 29.8 Å². The summed E-state index contributed by atoms with van der Waals surface area (Å²) in [5.74, 6) is 9.67. The van der Waals surface area contributed by atoms with Crippen LogP contribution < -0.4 is 0 Å². The first-order valence-corrected chi connectivity index (χ1v) is 12.7. The highest BCUT2D eigenvalue weighted by Crippen LogP contribution is 2.68. The Morgan fingerprint density at radius 1 is 0.969 bits per heavy atom. The van der Waals surface area contributed by atoms with E-state index in [1.165, 1.54) is 25.7 Å². The van der Waals surface area contributed by atoms with Gasteiger partial charge in [-0.2, -0.15) is 0 Å². The maximum atomic E-state index is 12.4. The van der Waals surface area contributed by atoms with Gasteiger partial charge >= 0.3 is 0 Å². The Balaban J connectivity index is 1.35. The summed E-state index contributed by atoms with van der Waals surface area (Å²) in [6.45, 7) is 6.71. The smallest absolute Gasteiger partial charge is 0.133 e. The summed E-state index contributed by atoms with van der Waals surface area (Å²) in [6, 6.07) is 7.10. The summed E-state index contributed by atoms with van der Waals surface area (Å²) in [4.78, 5) is 12.4. The molecule has 0 radical (unpaired) electrons. The van der Waals surface area contributed by atoms with Crippen LogP contribution in [-0.2, 0) is 4.79 Å². The second-order valence-electron chi connectivity index (χ2n) is 11.9. The molecule has 0 aliphatic heterocycles. The summed E-state index contributed by atoms with van der Waals surface area (Å²) < 4.78 is 0. The molecule has 3 nitrogen and oxygen atoms in total. The number of phenols is 1. The summed E-state index contributed by atoms with van der Waals surface area (Å²) in [6.07, 6.45) is 9.59. The molecule has 4 fully saturated rings. The molecule has 4 aliphatic carbocycles. The van der Waals surface area contributed by atoms with Gasteiger partial charge in [-0.1, -0.05) is 37.8 Å². The van der Waals surface area contributed by atoms with Crippen LogP contribution >= 0.6 is 0 Å². The highest BCUT2D eigenvalue weighted by atomic mass is 16.3. The predicted octanol–water partition coefficient (Wildman–Crippen LogP) is 5.72. The maximum absolute atomic E-state index is 12.4. The van der Waals surface area contributed by atoms with Gasteiger partial charge in [-0.15, -0.1) is 0 Å². The van der Waals surface area contributed by atoms with E-state index >= 15 is 0 Å². The number of aromatic hydroxyl groups is 1. The molecule has 0 heterocycles. The first-order chi connectivity index (χ1) is 15.2. The molecule has 0 bridgehead atoms. The van der Waals surface area contributed by atoms with E-state index in [1.54, 1.807) is 25.1 Å². The molecule has 3 heteroatoms. The van der Waals surface area contributed by atoms with Gasteiger partial charge in [0, 0.05) is 5.92 Å². The van der Waals surface area contributed by atoms with Crippen molar-refractivity contribution in [3.63, 3.8) is 0 Å². The molecule has 172 valence electrons. The Morgan fingerprint density at radius 2 is 1.72 bits per heavy atom. The van der Waals surface area contributed by atoms with Crippen molar-refractivity contribution >= 4 is 5.78 Å². The van der Waals surface area contributed by atoms with Crippen LogP contribution in [0.5, 0.6) is 5.75 Å². The zero-order valence-electron chi connectivity index (χ0n) is 19.9. The number of phenolic OH excluding ortho intramolecular Hbond substituents is 1. The number of hydrogen-bond donors (Lipinski definition) is 2. The third kappa shape index (κ3) is 3.33. The van der Waals surface area contributed by atoms with E-state index in [0.717, 1.165) is 31.6 Å². The van der Waals surface area contributed by atoms with E-state index in [9.17, 15) is 15.0 Å². The van der Waals surface area contributed by atoms with Crippen molar-refractivity contribution in [1.29, 1.82) is 0 Å². The molecule has 4 aliphatic rings. The van der Waals surface area contributed by atoms with E-state index in [2.05, 4.69) is 25.7 Å². The van der Waals surface area contributed by atoms with Crippen LogP contribution in [0, 0.1) is 52.3 Å². The first kappa shape index (κ1) is 22.0. The number of hydrogen-bond acceptors (Lipinski definition) is 3. The van der Waals surface area contributed by atoms with Crippen LogP contribution in [0.15, 0.2) is 24.3 Å². The molecule has 5 rings (SSSR count). The van der Waals surface area contributed by atoms with Gasteiger partial charge in [0.05, 0.1) is 5.56 Å². The molecule has 0 amide bonds. The van der Waals surface area contributed by atoms with E-state index in [0.29, 0.717) is 35.5 Å². The zero-order valence-corrected chi connectivity index (χ0v) is 19.9. The third-order valence-electron chi connectivity index (χ3n) is 10.6. The third-order valence-corrected chi connectivity index (χ3v) is 10.6. The lowest BCUT2D eigenvalue weighted by Gasteiger charge is -2.61. The molecule has 1 aromatic rings. The second kappa shape index (κ2) is 7.63. The molecule has 0 spiro atoms. The van der Waals surface area contributed by atoms with Crippen molar-refractivity contribution in [2.45, 2.75) is 84.2 Å². The minimum Gasteiger partial charge on any atom is -0.507 e. The van der Waals surface area contributed by atoms with Gasteiger partial charge in [0.2, 0.25) is 0 Å². The number of carbonyl (C=O) groups is 1. The summed E-state index contributed by atoms with van der Waals surface area (Å²) in [5.41, 5.74) is 0.0943. The number of carbonyl (C=O) groups excluding carboxylic acids is 1. The number of para-hydroxylation sites is 1. The molecule has 2 N–H and O–H groups in total. The van der Waals surface area contributed by atoms with Crippen LogP contribution in [0.1, 0.15) is 84.1 Å². The number of aliphatic hydroxyl groups is 1. The molecule has 8 atom stereocenters. The lowest BCUT2D eigenvalue weighted by molar-refractivity contribution is -0.144. The monoisotopic (exact) mass is 434 g/mol. The number of rotatable bonds is 1. The van der Waals surface area contributed by atoms with E-state index in [1.807, 2.05) is 6.07 Å². The van der Waals surface area contributed by atoms with Crippen LogP contribution in [-0.4, -0.2) is 21.6 Å². The number of benzene rings is 1. The molecule has 4 saturated carbocycles. The lowest BCUT2D eigenvalue weighted by Crippen LogP contribution is -2.56. The lowest BCUT2D eigenvalue weighted by atomic mass is 9.44. The highest BCUT2D eigenvalue weighted by Gasteiger charge is 2.61. The normalized spacial score (nSPS) is 45.1. The average molecular weight is 435 g/mol. The molecule has 32 heavy (non-hydrogen) atoms. The molecule has 0 saturated heterocycles. The molecule has 1 aromatic carbocycles. The van der Waals surface area contributed by atoms with Crippen LogP contribution in [0.4, 0.5) is 0 Å². The van der Waals surface area contributed by atoms with E-state index < -0.39 is 5.60 Å². The van der Waals surface area contributed by atoms with Gasteiger partial charge in [-0.25, -0.2) is 0 Å². The van der Waals surface area contributed by atoms with E-state index in [4.69, 9.17) is 0 Å². The van der Waals surface area contributed by atoms with Crippen molar-refractivity contribution < 1.29 is 15.0 Å². The summed E-state index contributed by atoms with van der Waals surface area (Å²) in [7, 11) is 0. The van der Waals surface area contributed by atoms with Crippen molar-refractivity contribution in [3.8, 4) is 17.6 Å². The quantitative estimate of drug-likeness (QED) is 0.556. The van der Waals surface area contributed by atoms with Crippen molar-refractivity contribution in [2.75, 3.05) is 0 Å². The standard InChI is InChI=1S/C29H38O3/c1-19(30)23-10-11-24-22-9-8-21-18-29(32,15-12-20-6-4-5-7-26(20)31)17-16-27(21,2)25(22)13-14-28(23,24)3/h4-7,21-25,31-32H,8-11,13-14,16-18H2,1-3H3/t21?,22-,23+,24-,25-,27-,28+,29?/m0/s1. The Labute approximate surface area is 193 Å². The fourth-order valence-electron chi connectivity index (χ4n) is 8.79. The predicted molar refractivity (Wildman–Crippen MR) is 126 cm³/mol. The minimum absolute atomic E-state index is 0.176. The number of Topliss-reactive ketones (excluding diaryl/α,β-unsaturated/α-hetero) is 1. The maximum Gasteiger partial charge on any atom is 0.133 e. The Hall–Kier alpha value is -1.79. The SMILES string of the molecule is CC(=O)[C@H]1CC[C@H]2[C@@H]3CCC4CC(O)(C#Cc5ccccc5O)CC[C@]4(C)[C@H]3CC[C@]12C. The Kier molecular flexibility index (Phi) is 5.25. The summed E-state index contributed by atoms with van der Waals surface area (Å²) in [5, 5.41) is 21.4. The summed E-state index contributed by atoms with van der Waals surface area (Å²) >= 11 is 0. The largest absolute Gasteiger partial charge is 0.507 e. The Bertz CT molecular complexity index is 972. The van der Waals surface area contributed by atoms with Crippen molar-refractivity contribution in [2.24, 2.45) is 40.4 Å². The van der Waals surface area contributed by atoms with Gasteiger partial charge < -0.3 is 10.2 Å². The van der Waals surface area contributed by atoms with Crippen molar-refractivity contribution in [1.82, 2.24) is 0 Å². The van der Waals surface area contributed by atoms with E-state index in [-0.39, 0.29) is 22.5 Å². The fourth-order valence-corrected chi connectivity index (χ4v) is 8.79. The van der Waals surface area contributed by atoms with Crippen LogP contribution in [0.3, 0.4) is 0 Å². The zero-order chi connectivity index (χ0) is 22.7. The topological polar surface area (TPSA) is 57.5 Å². The molecule has 2 unspecified atom stereocenters. The average Bonchev–Trinajstić information content (AvgIpc) is 3.11. The molecular weight excluding hydrogens is 396 g/mol. The van der Waals surface area contributed by atoms with Gasteiger partial charge in [0.15, 0.2) is 0 Å². The fraction of sp³-hybridized carbons (Fsp3) is 0.690. The first-order valence-electron chi connectivity index (χ1n) is 12.7. The van der Waals surface area contributed by atoms with Crippen LogP contribution in [0.25, 0.3) is 0 Å². The van der Waals surface area contributed by atoms with Gasteiger partial charge in [0.25, 0.3) is 0 Å². The van der Waals surface area contributed by atoms with Gasteiger partial charge in [0.1, 0.15) is 17.1 Å². The van der Waals surface area contributed by atoms with Gasteiger partial charge in [-0.3, -0.25) is 4.79 Å². The number of ketones is 1. The second-order valence-corrected chi connectivity index (χ2v) is 11.9. The molecule has 0 aromatic heterocycles. The minimum atomic E-state index is -0.963. The van der Waals surface area contributed by atoms with Crippen LogP contribution in [0.2, 0.25) is 0 Å².